The van der Waals surface area contributed by atoms with Gasteiger partial charge in [0.2, 0.25) is 0 Å². The van der Waals surface area contributed by atoms with Gasteiger partial charge in [-0.15, -0.1) is 0 Å². The summed E-state index contributed by atoms with van der Waals surface area (Å²) < 4.78 is 10.3. The van der Waals surface area contributed by atoms with Crippen molar-refractivity contribution in [3.05, 3.63) is 36.5 Å². The Morgan fingerprint density at radius 1 is 0.438 bits per heavy atom. The van der Waals surface area contributed by atoms with E-state index in [2.05, 4.69) is 50.3 Å². The molecule has 0 aliphatic rings. The Morgan fingerprint density at radius 3 is 1.12 bits per heavy atom. The van der Waals surface area contributed by atoms with Crippen molar-refractivity contribution in [3.63, 3.8) is 0 Å². The van der Waals surface area contributed by atoms with Crippen molar-refractivity contribution < 1.29 is 24.2 Å². The average molecular weight is 675 g/mol. The van der Waals surface area contributed by atoms with E-state index in [-0.39, 0.29) is 25.2 Å². The number of esters is 2. The molecule has 280 valence electrons. The highest BCUT2D eigenvalue weighted by molar-refractivity contribution is 5.69. The molecule has 0 saturated heterocycles. The van der Waals surface area contributed by atoms with E-state index in [1.54, 1.807) is 0 Å². The smallest absolute Gasteiger partial charge is 0.305 e. The lowest BCUT2D eigenvalue weighted by molar-refractivity contribution is -0.152. The summed E-state index contributed by atoms with van der Waals surface area (Å²) in [6, 6.07) is 0. The molecule has 0 spiro atoms. The molecule has 0 radical (unpaired) electrons. The van der Waals surface area contributed by atoms with Crippen LogP contribution in [0, 0.1) is 0 Å². The second kappa shape index (κ2) is 39.6. The van der Waals surface area contributed by atoms with E-state index in [0.29, 0.717) is 12.8 Å². The predicted octanol–water partition coefficient (Wildman–Crippen LogP) is 12.8. The van der Waals surface area contributed by atoms with Gasteiger partial charge in [-0.3, -0.25) is 9.59 Å². The molecule has 0 unspecified atom stereocenters. The normalized spacial score (nSPS) is 12.5. The fraction of sp³-hybridized carbons (Fsp3) is 0.814. The first kappa shape index (κ1) is 46.1. The molecule has 0 fully saturated rings. The standard InChI is InChI=1S/C43H78O5/c1-3-5-7-9-11-13-15-17-19-21-23-25-27-29-31-33-35-37-42(45)47-39-41(44)40-48-43(46)38-36-34-32-30-28-26-24-22-20-18-16-14-12-10-8-6-4-2/h11,13,17-20,41,44H,3-10,12,14-16,21-40H2,1-2H3/b13-11-,19-17-,20-18-/t41-/m0/s1. The van der Waals surface area contributed by atoms with Crippen LogP contribution in [-0.4, -0.2) is 36.4 Å². The number of hydrogen-bond acceptors (Lipinski definition) is 5. The van der Waals surface area contributed by atoms with E-state index in [9.17, 15) is 14.7 Å². The van der Waals surface area contributed by atoms with Crippen molar-refractivity contribution >= 4 is 11.9 Å². The van der Waals surface area contributed by atoms with Gasteiger partial charge < -0.3 is 14.6 Å². The van der Waals surface area contributed by atoms with Crippen molar-refractivity contribution in [2.45, 2.75) is 213 Å². The van der Waals surface area contributed by atoms with E-state index in [1.165, 1.54) is 135 Å². The molecule has 0 aromatic heterocycles. The Bertz CT molecular complexity index is 771. The maximum atomic E-state index is 12.0. The molecule has 0 saturated carbocycles. The van der Waals surface area contributed by atoms with Crippen LogP contribution in [0.2, 0.25) is 0 Å². The third-order valence-corrected chi connectivity index (χ3v) is 8.85. The number of ether oxygens (including phenoxy) is 2. The summed E-state index contributed by atoms with van der Waals surface area (Å²) >= 11 is 0. The molecule has 1 N–H and O–H groups in total. The van der Waals surface area contributed by atoms with Crippen molar-refractivity contribution in [2.75, 3.05) is 13.2 Å². The zero-order valence-electron chi connectivity index (χ0n) is 31.7. The summed E-state index contributed by atoms with van der Waals surface area (Å²) in [5.74, 6) is -0.576. The van der Waals surface area contributed by atoms with Gasteiger partial charge in [0, 0.05) is 12.8 Å². The molecule has 5 heteroatoms. The Labute approximate surface area is 297 Å². The highest BCUT2D eigenvalue weighted by atomic mass is 16.6. The van der Waals surface area contributed by atoms with Crippen LogP contribution in [-0.2, 0) is 19.1 Å². The highest BCUT2D eigenvalue weighted by Crippen LogP contribution is 2.13. The van der Waals surface area contributed by atoms with Crippen LogP contribution in [0.3, 0.4) is 0 Å². The third kappa shape index (κ3) is 38.6. The SMILES string of the molecule is CCCCC/C=C\C/C=C\CCCCCCCCCC(=O)OC[C@H](O)COC(=O)CCCCCCCCC/C=C\CCCCCCCC. The maximum Gasteiger partial charge on any atom is 0.305 e. The van der Waals surface area contributed by atoms with Crippen LogP contribution in [0.5, 0.6) is 0 Å². The fourth-order valence-corrected chi connectivity index (χ4v) is 5.70. The van der Waals surface area contributed by atoms with E-state index >= 15 is 0 Å². The van der Waals surface area contributed by atoms with Crippen LogP contribution < -0.4 is 0 Å². The monoisotopic (exact) mass is 675 g/mol. The van der Waals surface area contributed by atoms with Crippen molar-refractivity contribution in [3.8, 4) is 0 Å². The Hall–Kier alpha value is -1.88. The molecule has 48 heavy (non-hydrogen) atoms. The van der Waals surface area contributed by atoms with E-state index in [4.69, 9.17) is 9.47 Å². The highest BCUT2D eigenvalue weighted by Gasteiger charge is 2.12. The minimum Gasteiger partial charge on any atom is -0.463 e. The van der Waals surface area contributed by atoms with Gasteiger partial charge in [0.1, 0.15) is 19.3 Å². The molecule has 5 nitrogen and oxygen atoms in total. The number of unbranched alkanes of at least 4 members (excludes halogenated alkanes) is 23. The number of rotatable bonds is 37. The van der Waals surface area contributed by atoms with Crippen LogP contribution in [0.1, 0.15) is 206 Å². The number of aliphatic hydroxyl groups is 1. The second-order valence-corrected chi connectivity index (χ2v) is 13.7. The van der Waals surface area contributed by atoms with Crippen molar-refractivity contribution in [1.82, 2.24) is 0 Å². The number of carbonyl (C=O) groups is 2. The molecule has 0 amide bonds. The molecule has 0 bridgehead atoms. The average Bonchev–Trinajstić information content (AvgIpc) is 3.09. The summed E-state index contributed by atoms with van der Waals surface area (Å²) in [6.07, 6.45) is 47.7. The minimum absolute atomic E-state index is 0.120. The van der Waals surface area contributed by atoms with Crippen LogP contribution in [0.25, 0.3) is 0 Å². The quantitative estimate of drug-likeness (QED) is 0.0403. The first-order chi connectivity index (χ1) is 23.6. The number of aliphatic hydroxyl groups excluding tert-OH is 1. The summed E-state index contributed by atoms with van der Waals surface area (Å²) in [5, 5.41) is 10.0. The van der Waals surface area contributed by atoms with Crippen LogP contribution in [0.4, 0.5) is 0 Å². The van der Waals surface area contributed by atoms with Crippen LogP contribution in [0.15, 0.2) is 36.5 Å². The molecular weight excluding hydrogens is 596 g/mol. The largest absolute Gasteiger partial charge is 0.463 e. The molecule has 0 aliphatic carbocycles. The van der Waals surface area contributed by atoms with Gasteiger partial charge >= 0.3 is 11.9 Å². The molecule has 0 heterocycles. The fourth-order valence-electron chi connectivity index (χ4n) is 5.70. The van der Waals surface area contributed by atoms with Gasteiger partial charge in [-0.1, -0.05) is 159 Å². The molecular formula is C43H78O5. The third-order valence-electron chi connectivity index (χ3n) is 8.85. The van der Waals surface area contributed by atoms with Gasteiger partial charge in [0.05, 0.1) is 0 Å². The Balaban J connectivity index is 3.44. The van der Waals surface area contributed by atoms with E-state index in [0.717, 1.165) is 44.9 Å². The predicted molar refractivity (Wildman–Crippen MR) is 205 cm³/mol. The molecule has 0 aliphatic heterocycles. The van der Waals surface area contributed by atoms with Gasteiger partial charge in [-0.2, -0.15) is 0 Å². The van der Waals surface area contributed by atoms with Crippen molar-refractivity contribution in [2.24, 2.45) is 0 Å². The number of carbonyl (C=O) groups excluding carboxylic acids is 2. The number of allylic oxidation sites excluding steroid dienone is 6. The maximum absolute atomic E-state index is 12.0. The van der Waals surface area contributed by atoms with Crippen molar-refractivity contribution in [1.29, 1.82) is 0 Å². The molecule has 0 aromatic carbocycles. The van der Waals surface area contributed by atoms with Gasteiger partial charge in [0.25, 0.3) is 0 Å². The number of hydrogen-bond donors (Lipinski definition) is 1. The van der Waals surface area contributed by atoms with Crippen LogP contribution >= 0.6 is 0 Å². The Kier molecular flexibility index (Phi) is 38.0. The summed E-state index contributed by atoms with van der Waals surface area (Å²) in [6.45, 7) is 4.27. The zero-order valence-corrected chi connectivity index (χ0v) is 31.7. The lowest BCUT2D eigenvalue weighted by Gasteiger charge is -2.12. The molecule has 1 atom stereocenters. The lowest BCUT2D eigenvalue weighted by atomic mass is 10.1. The van der Waals surface area contributed by atoms with Gasteiger partial charge in [-0.05, 0) is 70.6 Å². The summed E-state index contributed by atoms with van der Waals surface area (Å²) in [4.78, 5) is 24.0. The minimum atomic E-state index is -0.967. The first-order valence-electron chi connectivity index (χ1n) is 20.5. The first-order valence-corrected chi connectivity index (χ1v) is 20.5. The van der Waals surface area contributed by atoms with E-state index < -0.39 is 6.10 Å². The lowest BCUT2D eigenvalue weighted by Crippen LogP contribution is -2.25. The molecule has 0 aromatic rings. The summed E-state index contributed by atoms with van der Waals surface area (Å²) in [5.41, 5.74) is 0. The van der Waals surface area contributed by atoms with Gasteiger partial charge in [-0.25, -0.2) is 0 Å². The Morgan fingerprint density at radius 2 is 0.729 bits per heavy atom. The molecule has 0 rings (SSSR count). The second-order valence-electron chi connectivity index (χ2n) is 13.7. The zero-order chi connectivity index (χ0) is 35.0. The summed E-state index contributed by atoms with van der Waals surface area (Å²) in [7, 11) is 0. The van der Waals surface area contributed by atoms with E-state index in [1.807, 2.05) is 0 Å². The van der Waals surface area contributed by atoms with Gasteiger partial charge in [0.15, 0.2) is 0 Å². The topological polar surface area (TPSA) is 72.8 Å².